The van der Waals surface area contributed by atoms with Gasteiger partial charge in [-0.2, -0.15) is 13.2 Å². The average Bonchev–Trinajstić information content (AvgIpc) is 2.15. The van der Waals surface area contributed by atoms with Gasteiger partial charge in [0.1, 0.15) is 17.1 Å². The van der Waals surface area contributed by atoms with E-state index in [2.05, 4.69) is 0 Å². The van der Waals surface area contributed by atoms with Crippen LogP contribution in [0.5, 0.6) is 0 Å². The molecule has 1 atom stereocenters. The number of hydrogen-bond donors (Lipinski definition) is 1. The summed E-state index contributed by atoms with van der Waals surface area (Å²) >= 11 is 0. The molecular weight excluding hydrogens is 238 g/mol. The molecule has 0 aromatic heterocycles. The summed E-state index contributed by atoms with van der Waals surface area (Å²) in [5, 5.41) is 0. The number of alkyl halides is 3. The van der Waals surface area contributed by atoms with Crippen LogP contribution in [0.3, 0.4) is 0 Å². The number of benzene rings is 1. The van der Waals surface area contributed by atoms with Gasteiger partial charge in [-0.25, -0.2) is 4.39 Å². The van der Waals surface area contributed by atoms with Crippen molar-refractivity contribution in [1.82, 2.24) is 0 Å². The van der Waals surface area contributed by atoms with E-state index in [1.165, 1.54) is 0 Å². The molecule has 0 spiro atoms. The Balaban J connectivity index is 3.24. The molecule has 94 valence electrons. The van der Waals surface area contributed by atoms with E-state index in [1.54, 1.807) is 0 Å². The van der Waals surface area contributed by atoms with Crippen molar-refractivity contribution >= 4 is 5.78 Å². The molecule has 0 heterocycles. The van der Waals surface area contributed by atoms with Crippen LogP contribution in [-0.2, 0) is 10.3 Å². The molecule has 0 unspecified atom stereocenters. The first-order valence-electron chi connectivity index (χ1n) is 4.78. The molecule has 0 amide bonds. The smallest absolute Gasteiger partial charge is 0.314 e. The summed E-state index contributed by atoms with van der Waals surface area (Å²) in [6, 6.07) is 3.63. The number of carbonyl (C=O) groups excluding carboxylic acids is 1. The van der Waals surface area contributed by atoms with Gasteiger partial charge < -0.3 is 5.73 Å². The normalized spacial score (nSPS) is 15.4. The Morgan fingerprint density at radius 2 is 1.71 bits per heavy atom. The maximum Gasteiger partial charge on any atom is 0.411 e. The van der Waals surface area contributed by atoms with Crippen molar-refractivity contribution in [3.8, 4) is 0 Å². The third-order valence-corrected chi connectivity index (χ3v) is 2.39. The zero-order valence-corrected chi connectivity index (χ0v) is 9.01. The van der Waals surface area contributed by atoms with Crippen LogP contribution in [0.4, 0.5) is 17.6 Å². The lowest BCUT2D eigenvalue weighted by molar-refractivity contribution is -0.192. The lowest BCUT2D eigenvalue weighted by Gasteiger charge is -2.31. The topological polar surface area (TPSA) is 43.1 Å². The van der Waals surface area contributed by atoms with Crippen LogP contribution < -0.4 is 5.73 Å². The van der Waals surface area contributed by atoms with Gasteiger partial charge in [-0.1, -0.05) is 12.1 Å². The molecule has 1 aromatic rings. The highest BCUT2D eigenvalue weighted by Gasteiger charge is 2.53. The minimum absolute atomic E-state index is 0.332. The van der Waals surface area contributed by atoms with Crippen molar-refractivity contribution in [3.05, 3.63) is 35.6 Å². The quantitative estimate of drug-likeness (QED) is 0.836. The summed E-state index contributed by atoms with van der Waals surface area (Å²) in [4.78, 5) is 10.9. The second kappa shape index (κ2) is 4.44. The summed E-state index contributed by atoms with van der Waals surface area (Å²) in [7, 11) is 0. The van der Waals surface area contributed by atoms with Crippen LogP contribution in [0.2, 0.25) is 0 Å². The molecule has 0 aliphatic rings. The molecule has 0 aliphatic heterocycles. The highest BCUT2D eigenvalue weighted by molar-refractivity contribution is 5.77. The molecular formula is C11H11F4NO. The highest BCUT2D eigenvalue weighted by Crippen LogP contribution is 2.39. The lowest BCUT2D eigenvalue weighted by atomic mass is 9.85. The van der Waals surface area contributed by atoms with Gasteiger partial charge in [-0.15, -0.1) is 0 Å². The number of nitrogens with two attached hydrogens (primary N) is 1. The Bertz CT molecular complexity index is 412. The predicted octanol–water partition coefficient (Wildman–Crippen LogP) is 2.52. The maximum atomic E-state index is 12.9. The minimum atomic E-state index is -4.78. The highest BCUT2D eigenvalue weighted by atomic mass is 19.4. The maximum absolute atomic E-state index is 12.9. The monoisotopic (exact) mass is 249 g/mol. The summed E-state index contributed by atoms with van der Waals surface area (Å²) in [5.74, 6) is -1.35. The largest absolute Gasteiger partial charge is 0.411 e. The van der Waals surface area contributed by atoms with Crippen LogP contribution in [0.15, 0.2) is 24.3 Å². The standard InChI is InChI=1S/C11H11F4NO/c1-7(17)6-10(16,11(13,14)15)8-2-4-9(12)5-3-8/h2-5H,6,16H2,1H3/t10-/m1/s1. The number of rotatable bonds is 3. The van der Waals surface area contributed by atoms with Crippen LogP contribution in [-0.4, -0.2) is 12.0 Å². The van der Waals surface area contributed by atoms with E-state index in [1.807, 2.05) is 0 Å². The van der Waals surface area contributed by atoms with Crippen LogP contribution in [0.25, 0.3) is 0 Å². The van der Waals surface area contributed by atoms with Gasteiger partial charge >= 0.3 is 6.18 Å². The van der Waals surface area contributed by atoms with E-state index < -0.39 is 29.7 Å². The van der Waals surface area contributed by atoms with Crippen LogP contribution >= 0.6 is 0 Å². The molecule has 1 rings (SSSR count). The second-order valence-electron chi connectivity index (χ2n) is 3.85. The molecule has 0 radical (unpaired) electrons. The molecule has 1 aromatic carbocycles. The van der Waals surface area contributed by atoms with E-state index in [4.69, 9.17) is 5.73 Å². The van der Waals surface area contributed by atoms with E-state index >= 15 is 0 Å². The Morgan fingerprint density at radius 1 is 1.24 bits per heavy atom. The average molecular weight is 249 g/mol. The van der Waals surface area contributed by atoms with Gasteiger partial charge in [0.2, 0.25) is 0 Å². The fourth-order valence-corrected chi connectivity index (χ4v) is 1.51. The first kappa shape index (κ1) is 13.6. The SMILES string of the molecule is CC(=O)C[C@@](N)(c1ccc(F)cc1)C(F)(F)F. The van der Waals surface area contributed by atoms with Crippen molar-refractivity contribution < 1.29 is 22.4 Å². The van der Waals surface area contributed by atoms with Crippen molar-refractivity contribution in [2.45, 2.75) is 25.1 Å². The molecule has 17 heavy (non-hydrogen) atoms. The zero-order valence-electron chi connectivity index (χ0n) is 9.01. The van der Waals surface area contributed by atoms with Gasteiger partial charge in [-0.05, 0) is 24.6 Å². The third kappa shape index (κ3) is 2.82. The molecule has 2 N–H and O–H groups in total. The number of Topliss-reactive ketones (excluding diaryl/α,β-unsaturated/α-hetero) is 1. The fourth-order valence-electron chi connectivity index (χ4n) is 1.51. The van der Waals surface area contributed by atoms with Gasteiger partial charge in [-0.3, -0.25) is 4.79 Å². The minimum Gasteiger partial charge on any atom is -0.314 e. The fraction of sp³-hybridized carbons (Fsp3) is 0.364. The molecule has 0 bridgehead atoms. The van der Waals surface area contributed by atoms with Crippen molar-refractivity contribution in [3.63, 3.8) is 0 Å². The Labute approximate surface area is 95.4 Å². The molecule has 2 nitrogen and oxygen atoms in total. The number of ketones is 1. The summed E-state index contributed by atoms with van der Waals surface area (Å²) in [6.45, 7) is 1.02. The summed E-state index contributed by atoms with van der Waals surface area (Å²) in [5.41, 5.74) is 2.18. The number of halogens is 4. The Morgan fingerprint density at radius 3 is 2.06 bits per heavy atom. The third-order valence-electron chi connectivity index (χ3n) is 2.39. The molecule has 0 saturated carbocycles. The second-order valence-corrected chi connectivity index (χ2v) is 3.85. The van der Waals surface area contributed by atoms with Crippen molar-refractivity contribution in [1.29, 1.82) is 0 Å². The molecule has 0 saturated heterocycles. The van der Waals surface area contributed by atoms with E-state index in [0.717, 1.165) is 31.2 Å². The van der Waals surface area contributed by atoms with E-state index in [9.17, 15) is 22.4 Å². The Hall–Kier alpha value is -1.43. The lowest BCUT2D eigenvalue weighted by Crippen LogP contribution is -2.51. The molecule has 0 aliphatic carbocycles. The summed E-state index contributed by atoms with van der Waals surface area (Å²) < 4.78 is 51.3. The van der Waals surface area contributed by atoms with Gasteiger partial charge in [0.05, 0.1) is 0 Å². The molecule has 6 heteroatoms. The number of hydrogen-bond acceptors (Lipinski definition) is 2. The predicted molar refractivity (Wildman–Crippen MR) is 53.6 cm³/mol. The van der Waals surface area contributed by atoms with Gasteiger partial charge in [0.15, 0.2) is 0 Å². The van der Waals surface area contributed by atoms with Gasteiger partial charge in [0, 0.05) is 6.42 Å². The number of carbonyl (C=O) groups is 1. The molecule has 0 fully saturated rings. The first-order valence-corrected chi connectivity index (χ1v) is 4.78. The summed E-state index contributed by atoms with van der Waals surface area (Å²) in [6.07, 6.45) is -5.65. The Kier molecular flexibility index (Phi) is 3.56. The zero-order chi connectivity index (χ0) is 13.3. The van der Waals surface area contributed by atoms with Gasteiger partial charge in [0.25, 0.3) is 0 Å². The van der Waals surface area contributed by atoms with Crippen LogP contribution in [0, 0.1) is 5.82 Å². The first-order chi connectivity index (χ1) is 7.67. The van der Waals surface area contributed by atoms with E-state index in [0.29, 0.717) is 0 Å². The van der Waals surface area contributed by atoms with Crippen LogP contribution in [0.1, 0.15) is 18.9 Å². The van der Waals surface area contributed by atoms with E-state index in [-0.39, 0.29) is 5.56 Å². The van der Waals surface area contributed by atoms with Crippen molar-refractivity contribution in [2.75, 3.05) is 0 Å². The van der Waals surface area contributed by atoms with Crippen molar-refractivity contribution in [2.24, 2.45) is 5.73 Å².